The number of rotatable bonds is 5. The van der Waals surface area contributed by atoms with Gasteiger partial charge in [0.1, 0.15) is 5.83 Å². The molecule has 0 aromatic heterocycles. The van der Waals surface area contributed by atoms with E-state index < -0.39 is 0 Å². The molecule has 0 unspecified atom stereocenters. The minimum atomic E-state index is -0.198. The van der Waals surface area contributed by atoms with Crippen LogP contribution < -0.4 is 0 Å². The Morgan fingerprint density at radius 2 is 2.07 bits per heavy atom. The molecule has 0 radical (unpaired) electrons. The fourth-order valence-electron chi connectivity index (χ4n) is 1.76. The van der Waals surface area contributed by atoms with Gasteiger partial charge in [-0.15, -0.1) is 0 Å². The quantitative estimate of drug-likeness (QED) is 0.624. The first kappa shape index (κ1) is 12.2. The molecule has 0 saturated carbocycles. The molecule has 0 heterocycles. The van der Waals surface area contributed by atoms with E-state index in [0.717, 1.165) is 25.7 Å². The van der Waals surface area contributed by atoms with Crippen LogP contribution in [0.15, 0.2) is 23.0 Å². The number of allylic oxidation sites excluding steroid dienone is 4. The first-order valence-electron chi connectivity index (χ1n) is 5.81. The van der Waals surface area contributed by atoms with Crippen LogP contribution in [0.1, 0.15) is 52.4 Å². The molecular weight excluding hydrogens is 191 g/mol. The van der Waals surface area contributed by atoms with Crippen molar-refractivity contribution in [3.63, 3.8) is 0 Å². The lowest BCUT2D eigenvalue weighted by atomic mass is 10.0. The second kappa shape index (κ2) is 5.84. The minimum Gasteiger partial charge on any atom is -0.289 e. The molecule has 0 N–H and O–H groups in total. The monoisotopic (exact) mass is 210 g/mol. The molecule has 84 valence electrons. The molecule has 0 aromatic rings. The highest BCUT2D eigenvalue weighted by Gasteiger charge is 2.27. The van der Waals surface area contributed by atoms with Crippen LogP contribution >= 0.6 is 0 Å². The number of Topliss-reactive ketones (excluding diaryl/α,β-unsaturated/α-hetero) is 1. The summed E-state index contributed by atoms with van der Waals surface area (Å²) in [5, 5.41) is 0. The first-order valence-corrected chi connectivity index (χ1v) is 5.81. The third-order valence-corrected chi connectivity index (χ3v) is 2.70. The van der Waals surface area contributed by atoms with E-state index in [9.17, 15) is 9.18 Å². The van der Waals surface area contributed by atoms with Gasteiger partial charge < -0.3 is 0 Å². The Bertz CT molecular complexity index is 300. The predicted octanol–water partition coefficient (Wildman–Crippen LogP) is 4.10. The van der Waals surface area contributed by atoms with Gasteiger partial charge in [-0.3, -0.25) is 4.79 Å². The van der Waals surface area contributed by atoms with Crippen molar-refractivity contribution in [2.24, 2.45) is 0 Å². The van der Waals surface area contributed by atoms with Crippen molar-refractivity contribution in [1.82, 2.24) is 0 Å². The fraction of sp³-hybridized carbons (Fsp3) is 0.615. The van der Waals surface area contributed by atoms with Crippen molar-refractivity contribution in [3.8, 4) is 0 Å². The lowest BCUT2D eigenvalue weighted by Crippen LogP contribution is -1.99. The SMILES string of the molecule is CCC/C=C1\CC(F)=C(CCCC)C1=O. The first-order chi connectivity index (χ1) is 7.20. The largest absolute Gasteiger partial charge is 0.289 e. The third kappa shape index (κ3) is 3.01. The summed E-state index contributed by atoms with van der Waals surface area (Å²) in [5.41, 5.74) is 1.10. The van der Waals surface area contributed by atoms with Crippen LogP contribution in [0.4, 0.5) is 4.39 Å². The van der Waals surface area contributed by atoms with Crippen molar-refractivity contribution in [2.45, 2.75) is 52.4 Å². The Morgan fingerprint density at radius 1 is 1.33 bits per heavy atom. The normalized spacial score (nSPS) is 19.4. The van der Waals surface area contributed by atoms with Gasteiger partial charge in [0, 0.05) is 17.6 Å². The Hall–Kier alpha value is -0.920. The zero-order valence-corrected chi connectivity index (χ0v) is 9.61. The molecule has 1 aliphatic carbocycles. The summed E-state index contributed by atoms with van der Waals surface area (Å²) in [6, 6.07) is 0. The molecule has 2 heteroatoms. The van der Waals surface area contributed by atoms with Crippen LogP contribution in [0.2, 0.25) is 0 Å². The van der Waals surface area contributed by atoms with Crippen LogP contribution in [-0.4, -0.2) is 5.78 Å². The average molecular weight is 210 g/mol. The summed E-state index contributed by atoms with van der Waals surface area (Å²) in [4.78, 5) is 11.8. The smallest absolute Gasteiger partial charge is 0.187 e. The molecule has 1 nitrogen and oxygen atoms in total. The van der Waals surface area contributed by atoms with Gasteiger partial charge in [-0.25, -0.2) is 4.39 Å². The molecule has 0 amide bonds. The molecule has 0 bridgehead atoms. The van der Waals surface area contributed by atoms with Crippen LogP contribution in [0.3, 0.4) is 0 Å². The van der Waals surface area contributed by atoms with Gasteiger partial charge in [0.15, 0.2) is 5.78 Å². The molecule has 0 saturated heterocycles. The second-order valence-corrected chi connectivity index (χ2v) is 4.01. The van der Waals surface area contributed by atoms with Gasteiger partial charge in [0.2, 0.25) is 0 Å². The summed E-state index contributed by atoms with van der Waals surface area (Å²) in [6.07, 6.45) is 6.50. The van der Waals surface area contributed by atoms with Gasteiger partial charge >= 0.3 is 0 Å². The summed E-state index contributed by atoms with van der Waals surface area (Å²) >= 11 is 0. The molecule has 0 fully saturated rings. The molecular formula is C13H19FO. The van der Waals surface area contributed by atoms with Crippen LogP contribution in [0, 0.1) is 0 Å². The maximum absolute atomic E-state index is 13.5. The lowest BCUT2D eigenvalue weighted by Gasteiger charge is -1.99. The maximum Gasteiger partial charge on any atom is 0.187 e. The van der Waals surface area contributed by atoms with E-state index >= 15 is 0 Å². The topological polar surface area (TPSA) is 17.1 Å². The number of hydrogen-bond acceptors (Lipinski definition) is 1. The van der Waals surface area contributed by atoms with Crippen molar-refractivity contribution in [3.05, 3.63) is 23.0 Å². The van der Waals surface area contributed by atoms with E-state index in [1.165, 1.54) is 0 Å². The summed E-state index contributed by atoms with van der Waals surface area (Å²) in [6.45, 7) is 4.10. The highest BCUT2D eigenvalue weighted by Crippen LogP contribution is 2.32. The number of halogens is 1. The Labute approximate surface area is 91.1 Å². The van der Waals surface area contributed by atoms with E-state index in [0.29, 0.717) is 17.6 Å². The van der Waals surface area contributed by atoms with Crippen molar-refractivity contribution in [2.75, 3.05) is 0 Å². The molecule has 0 atom stereocenters. The van der Waals surface area contributed by atoms with Crippen LogP contribution in [0.5, 0.6) is 0 Å². The van der Waals surface area contributed by atoms with E-state index in [-0.39, 0.29) is 18.0 Å². The Balaban J connectivity index is 2.66. The average Bonchev–Trinajstić information content (AvgIpc) is 2.49. The van der Waals surface area contributed by atoms with Gasteiger partial charge in [-0.2, -0.15) is 0 Å². The van der Waals surface area contributed by atoms with E-state index in [4.69, 9.17) is 0 Å². The van der Waals surface area contributed by atoms with Gasteiger partial charge in [-0.05, 0) is 19.3 Å². The van der Waals surface area contributed by atoms with Gasteiger partial charge in [0.05, 0.1) is 0 Å². The zero-order chi connectivity index (χ0) is 11.3. The van der Waals surface area contributed by atoms with E-state index in [1.54, 1.807) is 0 Å². The molecule has 0 spiro atoms. The van der Waals surface area contributed by atoms with Crippen molar-refractivity contribution in [1.29, 1.82) is 0 Å². The summed E-state index contributed by atoms with van der Waals surface area (Å²) < 4.78 is 13.5. The van der Waals surface area contributed by atoms with Gasteiger partial charge in [-0.1, -0.05) is 32.8 Å². The number of ketones is 1. The summed E-state index contributed by atoms with van der Waals surface area (Å²) in [7, 11) is 0. The second-order valence-electron chi connectivity index (χ2n) is 4.01. The lowest BCUT2D eigenvalue weighted by molar-refractivity contribution is -0.112. The zero-order valence-electron chi connectivity index (χ0n) is 9.61. The molecule has 1 aliphatic rings. The van der Waals surface area contributed by atoms with Gasteiger partial charge in [0.25, 0.3) is 0 Å². The Kier molecular flexibility index (Phi) is 4.73. The molecule has 0 aromatic carbocycles. The van der Waals surface area contributed by atoms with E-state index in [1.807, 2.05) is 13.0 Å². The van der Waals surface area contributed by atoms with Crippen molar-refractivity contribution < 1.29 is 9.18 Å². The fourth-order valence-corrected chi connectivity index (χ4v) is 1.76. The maximum atomic E-state index is 13.5. The molecule has 15 heavy (non-hydrogen) atoms. The number of hydrogen-bond donors (Lipinski definition) is 0. The number of carbonyl (C=O) groups is 1. The van der Waals surface area contributed by atoms with Crippen molar-refractivity contribution >= 4 is 5.78 Å². The number of unbranched alkanes of at least 4 members (excludes halogenated alkanes) is 2. The minimum absolute atomic E-state index is 0.0469. The van der Waals surface area contributed by atoms with Crippen LogP contribution in [-0.2, 0) is 4.79 Å². The van der Waals surface area contributed by atoms with Crippen LogP contribution in [0.25, 0.3) is 0 Å². The number of carbonyl (C=O) groups excluding carboxylic acids is 1. The predicted molar refractivity (Wildman–Crippen MR) is 60.3 cm³/mol. The standard InChI is InChI=1S/C13H19FO/c1-3-5-7-10-9-12(14)11(13(10)15)8-6-4-2/h7H,3-6,8-9H2,1-2H3/b10-7+. The summed E-state index contributed by atoms with van der Waals surface area (Å²) in [5.74, 6) is -0.245. The highest BCUT2D eigenvalue weighted by molar-refractivity contribution is 6.11. The Morgan fingerprint density at radius 3 is 2.67 bits per heavy atom. The highest BCUT2D eigenvalue weighted by atomic mass is 19.1. The third-order valence-electron chi connectivity index (χ3n) is 2.70. The molecule has 1 rings (SSSR count). The van der Waals surface area contributed by atoms with E-state index in [2.05, 4.69) is 6.92 Å². The molecule has 0 aliphatic heterocycles.